The molecule has 0 spiro atoms. The summed E-state index contributed by atoms with van der Waals surface area (Å²) in [6, 6.07) is 6.82. The number of aromatic nitrogens is 3. The standard InChI is InChI=1S/C19H14FN3O2/c1-10-22-17-18(25-10)14-8-15(20)13(11-4-6-21-7-5-11)9-16(14)23(19(17)24)12-2-3-12/h4-9,12H,2-3H2,1H3. The molecule has 6 heteroatoms. The number of hydrogen-bond acceptors (Lipinski definition) is 4. The number of nitrogens with zero attached hydrogens (tertiary/aromatic N) is 3. The van der Waals surface area contributed by atoms with E-state index in [0.717, 1.165) is 18.4 Å². The highest BCUT2D eigenvalue weighted by Crippen LogP contribution is 2.39. The minimum absolute atomic E-state index is 0.146. The minimum atomic E-state index is -0.366. The van der Waals surface area contributed by atoms with Gasteiger partial charge < -0.3 is 8.98 Å². The first-order valence-electron chi connectivity index (χ1n) is 8.19. The van der Waals surface area contributed by atoms with Crippen molar-refractivity contribution in [2.75, 3.05) is 0 Å². The first-order valence-corrected chi connectivity index (χ1v) is 8.19. The van der Waals surface area contributed by atoms with E-state index < -0.39 is 0 Å². The Morgan fingerprint density at radius 3 is 2.72 bits per heavy atom. The van der Waals surface area contributed by atoms with Crippen LogP contribution in [0.15, 0.2) is 45.9 Å². The maximum absolute atomic E-state index is 14.8. The lowest BCUT2D eigenvalue weighted by atomic mass is 10.0. The first kappa shape index (κ1) is 14.3. The number of fused-ring (bicyclic) bond motifs is 3. The lowest BCUT2D eigenvalue weighted by molar-refractivity contribution is 0.563. The fourth-order valence-corrected chi connectivity index (χ4v) is 3.37. The molecule has 124 valence electrons. The highest BCUT2D eigenvalue weighted by Gasteiger charge is 2.29. The summed E-state index contributed by atoms with van der Waals surface area (Å²) in [7, 11) is 0. The summed E-state index contributed by atoms with van der Waals surface area (Å²) in [5, 5.41) is 0.581. The van der Waals surface area contributed by atoms with E-state index >= 15 is 0 Å². The molecule has 1 aromatic carbocycles. The van der Waals surface area contributed by atoms with Gasteiger partial charge >= 0.3 is 0 Å². The van der Waals surface area contributed by atoms with Crippen LogP contribution in [0.3, 0.4) is 0 Å². The van der Waals surface area contributed by atoms with Crippen molar-refractivity contribution >= 4 is 22.0 Å². The quantitative estimate of drug-likeness (QED) is 0.556. The van der Waals surface area contributed by atoms with Gasteiger partial charge in [-0.05, 0) is 42.7 Å². The number of rotatable bonds is 2. The summed E-state index contributed by atoms with van der Waals surface area (Å²) in [5.74, 6) is 0.0376. The predicted molar refractivity (Wildman–Crippen MR) is 92.0 cm³/mol. The average molecular weight is 335 g/mol. The maximum atomic E-state index is 14.8. The van der Waals surface area contributed by atoms with Crippen LogP contribution in [-0.4, -0.2) is 14.5 Å². The smallest absolute Gasteiger partial charge is 0.281 e. The second-order valence-corrected chi connectivity index (χ2v) is 6.40. The van der Waals surface area contributed by atoms with Gasteiger partial charge in [0.25, 0.3) is 5.56 Å². The molecule has 0 N–H and O–H groups in total. The summed E-state index contributed by atoms with van der Waals surface area (Å²) < 4.78 is 22.2. The largest absolute Gasteiger partial charge is 0.440 e. The Bertz CT molecular complexity index is 1190. The lowest BCUT2D eigenvalue weighted by Crippen LogP contribution is -2.20. The van der Waals surface area contributed by atoms with E-state index in [4.69, 9.17) is 4.42 Å². The molecule has 3 heterocycles. The fraction of sp³-hybridized carbons (Fsp3) is 0.211. The number of halogens is 1. The van der Waals surface area contributed by atoms with Crippen molar-refractivity contribution in [1.82, 2.24) is 14.5 Å². The summed E-state index contributed by atoms with van der Waals surface area (Å²) in [5.41, 5.74) is 2.30. The van der Waals surface area contributed by atoms with Gasteiger partial charge in [-0.3, -0.25) is 9.78 Å². The number of benzene rings is 1. The third-order valence-electron chi connectivity index (χ3n) is 4.65. The zero-order valence-corrected chi connectivity index (χ0v) is 13.5. The molecule has 1 aliphatic rings. The second kappa shape index (κ2) is 4.99. The molecule has 0 bridgehead atoms. The monoisotopic (exact) mass is 335 g/mol. The molecule has 3 aromatic heterocycles. The summed E-state index contributed by atoms with van der Waals surface area (Å²) in [6.45, 7) is 1.69. The highest BCUT2D eigenvalue weighted by molar-refractivity contribution is 6.02. The Labute approximate surface area is 141 Å². The number of pyridine rings is 2. The second-order valence-electron chi connectivity index (χ2n) is 6.40. The number of hydrogen-bond donors (Lipinski definition) is 0. The Kier molecular flexibility index (Phi) is 2.86. The highest BCUT2D eigenvalue weighted by atomic mass is 19.1. The van der Waals surface area contributed by atoms with Gasteiger partial charge in [0.15, 0.2) is 17.0 Å². The molecule has 5 nitrogen and oxygen atoms in total. The van der Waals surface area contributed by atoms with E-state index in [9.17, 15) is 9.18 Å². The molecular weight excluding hydrogens is 321 g/mol. The molecule has 0 atom stereocenters. The van der Waals surface area contributed by atoms with Crippen LogP contribution >= 0.6 is 0 Å². The van der Waals surface area contributed by atoms with Crippen LogP contribution in [0.1, 0.15) is 24.8 Å². The Balaban J connectivity index is 1.94. The van der Waals surface area contributed by atoms with Crippen molar-refractivity contribution in [2.45, 2.75) is 25.8 Å². The summed E-state index contributed by atoms with van der Waals surface area (Å²) >= 11 is 0. The van der Waals surface area contributed by atoms with Gasteiger partial charge in [0.1, 0.15) is 5.82 Å². The fourth-order valence-electron chi connectivity index (χ4n) is 3.37. The van der Waals surface area contributed by atoms with Crippen LogP contribution < -0.4 is 5.56 Å². The van der Waals surface area contributed by atoms with Gasteiger partial charge in [-0.1, -0.05) is 0 Å². The summed E-state index contributed by atoms with van der Waals surface area (Å²) in [4.78, 5) is 21.1. The minimum Gasteiger partial charge on any atom is -0.440 e. The zero-order valence-electron chi connectivity index (χ0n) is 13.5. The van der Waals surface area contributed by atoms with E-state index in [-0.39, 0.29) is 22.9 Å². The molecule has 0 radical (unpaired) electrons. The third kappa shape index (κ3) is 2.10. The summed E-state index contributed by atoms with van der Waals surface area (Å²) in [6.07, 6.45) is 5.13. The van der Waals surface area contributed by atoms with E-state index in [1.807, 2.05) is 0 Å². The van der Waals surface area contributed by atoms with Crippen LogP contribution in [0, 0.1) is 12.7 Å². The van der Waals surface area contributed by atoms with E-state index in [0.29, 0.717) is 27.9 Å². The van der Waals surface area contributed by atoms with Crippen molar-refractivity contribution in [2.24, 2.45) is 0 Å². The van der Waals surface area contributed by atoms with Gasteiger partial charge in [-0.15, -0.1) is 0 Å². The topological polar surface area (TPSA) is 60.9 Å². The van der Waals surface area contributed by atoms with Crippen LogP contribution in [0.5, 0.6) is 0 Å². The number of aryl methyl sites for hydroxylation is 1. The van der Waals surface area contributed by atoms with Gasteiger partial charge in [0.2, 0.25) is 0 Å². The van der Waals surface area contributed by atoms with Crippen molar-refractivity contribution in [1.29, 1.82) is 0 Å². The molecular formula is C19H14FN3O2. The van der Waals surface area contributed by atoms with Crippen LogP contribution in [0.2, 0.25) is 0 Å². The van der Waals surface area contributed by atoms with E-state index in [1.54, 1.807) is 42.1 Å². The molecule has 5 rings (SSSR count). The Hall–Kier alpha value is -3.02. The molecule has 1 aliphatic carbocycles. The van der Waals surface area contributed by atoms with Gasteiger partial charge in [-0.2, -0.15) is 0 Å². The molecule has 4 aromatic rings. The number of oxazole rings is 1. The van der Waals surface area contributed by atoms with E-state index in [1.165, 1.54) is 6.07 Å². The zero-order chi connectivity index (χ0) is 17.1. The molecule has 1 fully saturated rings. The molecule has 0 saturated heterocycles. The van der Waals surface area contributed by atoms with E-state index in [2.05, 4.69) is 9.97 Å². The Morgan fingerprint density at radius 1 is 1.24 bits per heavy atom. The third-order valence-corrected chi connectivity index (χ3v) is 4.65. The molecule has 25 heavy (non-hydrogen) atoms. The Morgan fingerprint density at radius 2 is 2.00 bits per heavy atom. The van der Waals surface area contributed by atoms with Gasteiger partial charge in [0.05, 0.1) is 5.52 Å². The van der Waals surface area contributed by atoms with Gasteiger partial charge in [0, 0.05) is 36.3 Å². The molecule has 0 unspecified atom stereocenters. The van der Waals surface area contributed by atoms with Crippen molar-refractivity contribution in [3.63, 3.8) is 0 Å². The SMILES string of the molecule is Cc1nc2c(=O)n(C3CC3)c3cc(-c4ccncc4)c(F)cc3c2o1. The normalized spacial score (nSPS) is 14.5. The molecule has 0 aliphatic heterocycles. The van der Waals surface area contributed by atoms with Crippen molar-refractivity contribution < 1.29 is 8.81 Å². The lowest BCUT2D eigenvalue weighted by Gasteiger charge is -2.12. The van der Waals surface area contributed by atoms with Crippen LogP contribution in [-0.2, 0) is 0 Å². The molecule has 0 amide bonds. The van der Waals surface area contributed by atoms with Crippen molar-refractivity contribution in [3.8, 4) is 11.1 Å². The van der Waals surface area contributed by atoms with Crippen LogP contribution in [0.4, 0.5) is 4.39 Å². The first-order chi connectivity index (χ1) is 12.1. The predicted octanol–water partition coefficient (Wildman–Crippen LogP) is 3.99. The average Bonchev–Trinajstić information content (AvgIpc) is 3.36. The maximum Gasteiger partial charge on any atom is 0.281 e. The molecule has 1 saturated carbocycles. The van der Waals surface area contributed by atoms with Crippen molar-refractivity contribution in [3.05, 3.63) is 58.7 Å². The van der Waals surface area contributed by atoms with Gasteiger partial charge in [-0.25, -0.2) is 9.37 Å². The van der Waals surface area contributed by atoms with Crippen LogP contribution in [0.25, 0.3) is 33.1 Å².